The number of nitrogens with one attached hydrogen (secondary N) is 4. The summed E-state index contributed by atoms with van der Waals surface area (Å²) in [5, 5.41) is 15.6. The van der Waals surface area contributed by atoms with Crippen molar-refractivity contribution in [3.05, 3.63) is 129 Å². The van der Waals surface area contributed by atoms with Crippen molar-refractivity contribution in [1.29, 1.82) is 0 Å². The Bertz CT molecular complexity index is 2060. The smallest absolute Gasteiger partial charge is 0.335 e. The summed E-state index contributed by atoms with van der Waals surface area (Å²) in [5.74, 6) is -0.936. The predicted molar refractivity (Wildman–Crippen MR) is 146 cm³/mol. The lowest BCUT2D eigenvalue weighted by molar-refractivity contribution is 0.0697. The van der Waals surface area contributed by atoms with Crippen LogP contribution in [0.5, 0.6) is 0 Å². The molecule has 5 N–H and O–H groups in total. The molecular formula is C31H22N4O2. The number of carbonyl (C=O) groups is 1. The van der Waals surface area contributed by atoms with E-state index in [0.29, 0.717) is 0 Å². The number of carboxylic acids is 1. The number of aromatic carboxylic acids is 1. The molecule has 1 aliphatic heterocycles. The highest BCUT2D eigenvalue weighted by molar-refractivity contribution is 5.89. The fourth-order valence-corrected chi connectivity index (χ4v) is 5.01. The number of rotatable bonds is 2. The van der Waals surface area contributed by atoms with Crippen molar-refractivity contribution in [2.24, 2.45) is 0 Å². The molecule has 4 aromatic heterocycles. The van der Waals surface area contributed by atoms with Crippen molar-refractivity contribution >= 4 is 41.0 Å². The van der Waals surface area contributed by atoms with Crippen LogP contribution in [0.15, 0.2) is 78.9 Å². The number of H-pyrrole nitrogens is 4. The van der Waals surface area contributed by atoms with E-state index >= 15 is 0 Å². The SMILES string of the molecule is O=C(O)c1ccc(-c2cc3[nH]c2C=c2[nH]c(c4ccccc24)=Cc2ccc([nH]2)C=c2ccc([nH]2)=C3)cc1. The molecule has 6 aromatic rings. The zero-order valence-corrected chi connectivity index (χ0v) is 19.7. The Morgan fingerprint density at radius 2 is 1.24 bits per heavy atom. The standard InChI is InChI=1S/C31H22N4O2/c36-31(37)19-7-5-18(6-8-19)27-15-24-14-22-10-9-20(32-22)13-21-11-12-23(33-21)16-28-25-3-1-2-4-26(25)29(35-28)17-30(27)34-24/h1-17,32-35H,(H,36,37). The van der Waals surface area contributed by atoms with Gasteiger partial charge in [0.1, 0.15) is 0 Å². The van der Waals surface area contributed by atoms with E-state index in [2.05, 4.69) is 86.7 Å². The van der Waals surface area contributed by atoms with Crippen LogP contribution in [0.3, 0.4) is 0 Å². The molecule has 0 radical (unpaired) electrons. The summed E-state index contributed by atoms with van der Waals surface area (Å²) in [4.78, 5) is 25.5. The second-order valence-corrected chi connectivity index (χ2v) is 9.25. The molecule has 0 atom stereocenters. The van der Waals surface area contributed by atoms with Crippen LogP contribution in [0.4, 0.5) is 0 Å². The molecule has 0 saturated carbocycles. The monoisotopic (exact) mass is 482 g/mol. The summed E-state index contributed by atoms with van der Waals surface area (Å²) in [6, 6.07) is 25.7. The summed E-state index contributed by atoms with van der Waals surface area (Å²) in [5.41, 5.74) is 6.09. The van der Waals surface area contributed by atoms with Crippen LogP contribution in [-0.2, 0) is 0 Å². The maximum atomic E-state index is 11.4. The maximum absolute atomic E-state index is 11.4. The Morgan fingerprint density at radius 1 is 0.595 bits per heavy atom. The van der Waals surface area contributed by atoms with Crippen molar-refractivity contribution in [2.75, 3.05) is 0 Å². The minimum absolute atomic E-state index is 0.264. The first-order valence-electron chi connectivity index (χ1n) is 12.0. The molecule has 0 fully saturated rings. The minimum atomic E-state index is -0.936. The fourth-order valence-electron chi connectivity index (χ4n) is 5.01. The van der Waals surface area contributed by atoms with E-state index < -0.39 is 5.97 Å². The molecule has 5 heterocycles. The zero-order chi connectivity index (χ0) is 24.9. The Kier molecular flexibility index (Phi) is 4.66. The molecule has 0 spiro atoms. The predicted octanol–water partition coefficient (Wildman–Crippen LogP) is 3.15. The quantitative estimate of drug-likeness (QED) is 0.262. The van der Waals surface area contributed by atoms with Crippen molar-refractivity contribution in [3.63, 3.8) is 0 Å². The number of fused-ring (bicyclic) bond motifs is 11. The first-order valence-corrected chi connectivity index (χ1v) is 12.0. The lowest BCUT2D eigenvalue weighted by Gasteiger charge is -2.02. The summed E-state index contributed by atoms with van der Waals surface area (Å²) in [6.07, 6.45) is 8.41. The van der Waals surface area contributed by atoms with Gasteiger partial charge in [0.15, 0.2) is 0 Å². The largest absolute Gasteiger partial charge is 0.478 e. The van der Waals surface area contributed by atoms with Gasteiger partial charge in [-0.05, 0) is 72.3 Å². The zero-order valence-electron chi connectivity index (χ0n) is 19.7. The topological polar surface area (TPSA) is 100 Å². The van der Waals surface area contributed by atoms with E-state index in [0.717, 1.165) is 66.1 Å². The number of aromatic nitrogens is 4. The van der Waals surface area contributed by atoms with Gasteiger partial charge in [0.25, 0.3) is 0 Å². The van der Waals surface area contributed by atoms with Crippen LogP contribution in [0.1, 0.15) is 33.1 Å². The van der Waals surface area contributed by atoms with Crippen molar-refractivity contribution in [2.45, 2.75) is 0 Å². The van der Waals surface area contributed by atoms with Crippen LogP contribution >= 0.6 is 0 Å². The van der Waals surface area contributed by atoms with E-state index in [9.17, 15) is 9.90 Å². The first-order chi connectivity index (χ1) is 18.1. The van der Waals surface area contributed by atoms with Crippen LogP contribution in [0, 0.1) is 0 Å². The summed E-state index contributed by atoms with van der Waals surface area (Å²) >= 11 is 0. The number of hydrogen-bond donors (Lipinski definition) is 5. The van der Waals surface area contributed by atoms with Gasteiger partial charge in [-0.1, -0.05) is 36.4 Å². The van der Waals surface area contributed by atoms with Gasteiger partial charge >= 0.3 is 5.97 Å². The Balaban J connectivity index is 1.54. The molecule has 6 nitrogen and oxygen atoms in total. The molecule has 0 aliphatic carbocycles. The van der Waals surface area contributed by atoms with E-state index in [1.807, 2.05) is 24.3 Å². The lowest BCUT2D eigenvalue weighted by Crippen LogP contribution is -2.11. The number of aromatic amines is 4. The summed E-state index contributed by atoms with van der Waals surface area (Å²) in [6.45, 7) is 0. The lowest BCUT2D eigenvalue weighted by atomic mass is 10.0. The van der Waals surface area contributed by atoms with Gasteiger partial charge in [-0.15, -0.1) is 0 Å². The van der Waals surface area contributed by atoms with Gasteiger partial charge < -0.3 is 25.0 Å². The third kappa shape index (κ3) is 3.81. The first kappa shape index (κ1) is 21.1. The third-order valence-electron chi connectivity index (χ3n) is 6.76. The summed E-state index contributed by atoms with van der Waals surface area (Å²) < 4.78 is 0. The summed E-state index contributed by atoms with van der Waals surface area (Å²) in [7, 11) is 0. The van der Waals surface area contributed by atoms with Gasteiger partial charge in [0.2, 0.25) is 0 Å². The maximum Gasteiger partial charge on any atom is 0.335 e. The molecule has 178 valence electrons. The molecular weight excluding hydrogens is 460 g/mol. The molecule has 8 bridgehead atoms. The van der Waals surface area contributed by atoms with E-state index in [1.165, 1.54) is 0 Å². The molecule has 0 saturated heterocycles. The Hall–Kier alpha value is -5.23. The van der Waals surface area contributed by atoms with Crippen molar-refractivity contribution < 1.29 is 9.90 Å². The van der Waals surface area contributed by atoms with Crippen LogP contribution < -0.4 is 21.4 Å². The van der Waals surface area contributed by atoms with Gasteiger partial charge in [-0.2, -0.15) is 0 Å². The molecule has 6 heteroatoms. The molecule has 37 heavy (non-hydrogen) atoms. The van der Waals surface area contributed by atoms with E-state index in [1.54, 1.807) is 12.1 Å². The average molecular weight is 483 g/mol. The van der Waals surface area contributed by atoms with Crippen LogP contribution in [0.25, 0.3) is 46.2 Å². The molecule has 1 aliphatic rings. The molecule has 0 unspecified atom stereocenters. The van der Waals surface area contributed by atoms with E-state index in [-0.39, 0.29) is 5.56 Å². The average Bonchev–Trinajstić information content (AvgIpc) is 3.69. The van der Waals surface area contributed by atoms with Gasteiger partial charge in [-0.3, -0.25) is 0 Å². The molecule has 7 rings (SSSR count). The third-order valence-corrected chi connectivity index (χ3v) is 6.76. The van der Waals surface area contributed by atoms with Crippen LogP contribution in [-0.4, -0.2) is 31.0 Å². The number of hydrogen-bond acceptors (Lipinski definition) is 1. The Labute approximate surface area is 210 Å². The van der Waals surface area contributed by atoms with Gasteiger partial charge in [0, 0.05) is 60.5 Å². The highest BCUT2D eigenvalue weighted by Gasteiger charge is 2.11. The second-order valence-electron chi connectivity index (χ2n) is 9.25. The van der Waals surface area contributed by atoms with Crippen molar-refractivity contribution in [3.8, 4) is 11.1 Å². The molecule has 0 amide bonds. The van der Waals surface area contributed by atoms with Gasteiger partial charge in [-0.25, -0.2) is 4.79 Å². The van der Waals surface area contributed by atoms with Gasteiger partial charge in [0.05, 0.1) is 5.56 Å². The normalized spacial score (nSPS) is 12.3. The highest BCUT2D eigenvalue weighted by Crippen LogP contribution is 2.26. The van der Waals surface area contributed by atoms with E-state index in [4.69, 9.17) is 0 Å². The highest BCUT2D eigenvalue weighted by atomic mass is 16.4. The second kappa shape index (κ2) is 8.17. The number of carboxylic acid groups (broad SMARTS) is 1. The number of benzene rings is 2. The molecule has 2 aromatic carbocycles. The minimum Gasteiger partial charge on any atom is -0.478 e. The Morgan fingerprint density at radius 3 is 1.95 bits per heavy atom. The van der Waals surface area contributed by atoms with Crippen molar-refractivity contribution in [1.82, 2.24) is 19.9 Å². The van der Waals surface area contributed by atoms with Crippen LogP contribution in [0.2, 0.25) is 0 Å². The fraction of sp³-hybridized carbons (Fsp3) is 0.